The predicted molar refractivity (Wildman–Crippen MR) is 61.9 cm³/mol. The summed E-state index contributed by atoms with van der Waals surface area (Å²) >= 11 is 0. The number of hydrogen-bond acceptors (Lipinski definition) is 4. The summed E-state index contributed by atoms with van der Waals surface area (Å²) in [6.45, 7) is 5.84. The zero-order valence-electron chi connectivity index (χ0n) is 9.86. The maximum absolute atomic E-state index is 10.6. The van der Waals surface area contributed by atoms with Crippen LogP contribution in [0, 0.1) is 0 Å². The van der Waals surface area contributed by atoms with E-state index in [2.05, 4.69) is 24.1 Å². The Balaban J connectivity index is 2.35. The monoisotopic (exact) mass is 226 g/mol. The van der Waals surface area contributed by atoms with Crippen molar-refractivity contribution in [2.24, 2.45) is 0 Å². The van der Waals surface area contributed by atoms with Crippen LogP contribution in [0.4, 0.5) is 5.88 Å². The molecule has 0 radical (unpaired) electrons. The van der Waals surface area contributed by atoms with Crippen molar-refractivity contribution in [2.45, 2.75) is 19.9 Å². The molecule has 90 valence electrons. The summed E-state index contributed by atoms with van der Waals surface area (Å²) in [6, 6.07) is 3.56. The summed E-state index contributed by atoms with van der Waals surface area (Å²) in [5.41, 5.74) is 0. The molecule has 0 fully saturated rings. The summed E-state index contributed by atoms with van der Waals surface area (Å²) in [5.74, 6) is -0.596. The van der Waals surface area contributed by atoms with Gasteiger partial charge in [0.15, 0.2) is 5.88 Å². The standard InChI is InChI=1S/C11H18N2O3/c1-8(2)13(3)7-6-12-10-5-4-9(16-10)11(14)15/h4-5,8,12H,6-7H2,1-3H3,(H,14,15). The number of hydrogen-bond donors (Lipinski definition) is 2. The SMILES string of the molecule is CC(C)N(C)CCNc1ccc(C(=O)O)o1. The zero-order valence-corrected chi connectivity index (χ0v) is 9.86. The van der Waals surface area contributed by atoms with E-state index in [1.54, 1.807) is 6.07 Å². The number of carboxylic acids is 1. The zero-order chi connectivity index (χ0) is 12.1. The van der Waals surface area contributed by atoms with Crippen LogP contribution < -0.4 is 5.32 Å². The first-order valence-corrected chi connectivity index (χ1v) is 5.28. The molecular weight excluding hydrogens is 208 g/mol. The van der Waals surface area contributed by atoms with Crippen LogP contribution in [0.15, 0.2) is 16.5 Å². The number of likely N-dealkylation sites (N-methyl/N-ethyl adjacent to an activating group) is 1. The summed E-state index contributed by atoms with van der Waals surface area (Å²) in [5, 5.41) is 11.7. The Kier molecular flexibility index (Phi) is 4.37. The van der Waals surface area contributed by atoms with Crippen LogP contribution in [-0.2, 0) is 0 Å². The van der Waals surface area contributed by atoms with Crippen molar-refractivity contribution < 1.29 is 14.3 Å². The highest BCUT2D eigenvalue weighted by atomic mass is 16.4. The van der Waals surface area contributed by atoms with E-state index in [1.165, 1.54) is 6.07 Å². The maximum atomic E-state index is 10.6. The van der Waals surface area contributed by atoms with Gasteiger partial charge in [-0.1, -0.05) is 0 Å². The van der Waals surface area contributed by atoms with Gasteiger partial charge in [-0.3, -0.25) is 0 Å². The lowest BCUT2D eigenvalue weighted by Gasteiger charge is -2.20. The summed E-state index contributed by atoms with van der Waals surface area (Å²) in [4.78, 5) is 12.7. The first kappa shape index (κ1) is 12.6. The minimum absolute atomic E-state index is 0.0419. The van der Waals surface area contributed by atoms with Crippen LogP contribution in [0.3, 0.4) is 0 Å². The molecular formula is C11H18N2O3. The Hall–Kier alpha value is -1.49. The average molecular weight is 226 g/mol. The number of rotatable bonds is 6. The molecule has 1 aromatic rings. The third kappa shape index (κ3) is 3.58. The van der Waals surface area contributed by atoms with Crippen molar-refractivity contribution in [1.82, 2.24) is 4.90 Å². The van der Waals surface area contributed by atoms with Crippen molar-refractivity contribution in [3.8, 4) is 0 Å². The van der Waals surface area contributed by atoms with Crippen molar-refractivity contribution in [3.05, 3.63) is 17.9 Å². The molecule has 0 bridgehead atoms. The maximum Gasteiger partial charge on any atom is 0.371 e. The molecule has 0 aliphatic carbocycles. The number of nitrogens with one attached hydrogen (secondary N) is 1. The van der Waals surface area contributed by atoms with Gasteiger partial charge in [-0.05, 0) is 27.0 Å². The highest BCUT2D eigenvalue weighted by Crippen LogP contribution is 2.12. The summed E-state index contributed by atoms with van der Waals surface area (Å²) in [7, 11) is 2.04. The number of anilines is 1. The van der Waals surface area contributed by atoms with E-state index in [0.717, 1.165) is 13.1 Å². The Morgan fingerprint density at radius 2 is 2.25 bits per heavy atom. The van der Waals surface area contributed by atoms with Crippen molar-refractivity contribution in [2.75, 3.05) is 25.5 Å². The van der Waals surface area contributed by atoms with E-state index in [9.17, 15) is 4.79 Å². The van der Waals surface area contributed by atoms with Gasteiger partial charge in [0, 0.05) is 25.2 Å². The fraction of sp³-hybridized carbons (Fsp3) is 0.545. The fourth-order valence-electron chi connectivity index (χ4n) is 1.16. The van der Waals surface area contributed by atoms with Crippen molar-refractivity contribution in [3.63, 3.8) is 0 Å². The van der Waals surface area contributed by atoms with Gasteiger partial charge in [-0.2, -0.15) is 0 Å². The summed E-state index contributed by atoms with van der Waals surface area (Å²) in [6.07, 6.45) is 0. The molecule has 0 atom stereocenters. The van der Waals surface area contributed by atoms with Crippen molar-refractivity contribution in [1.29, 1.82) is 0 Å². The van der Waals surface area contributed by atoms with Crippen LogP contribution in [0.1, 0.15) is 24.4 Å². The molecule has 0 unspecified atom stereocenters. The minimum atomic E-state index is -1.05. The molecule has 2 N–H and O–H groups in total. The first-order chi connectivity index (χ1) is 7.50. The topological polar surface area (TPSA) is 65.7 Å². The molecule has 0 aliphatic rings. The molecule has 0 aromatic carbocycles. The molecule has 5 heteroatoms. The average Bonchev–Trinajstić information content (AvgIpc) is 2.66. The van der Waals surface area contributed by atoms with E-state index < -0.39 is 5.97 Å². The lowest BCUT2D eigenvalue weighted by atomic mass is 10.3. The van der Waals surface area contributed by atoms with E-state index in [4.69, 9.17) is 9.52 Å². The predicted octanol–water partition coefficient (Wildman–Crippen LogP) is 1.73. The Morgan fingerprint density at radius 1 is 1.56 bits per heavy atom. The number of aromatic carboxylic acids is 1. The Bertz CT molecular complexity index is 347. The van der Waals surface area contributed by atoms with E-state index in [-0.39, 0.29) is 5.76 Å². The molecule has 0 aliphatic heterocycles. The Labute approximate surface area is 95.0 Å². The van der Waals surface area contributed by atoms with E-state index >= 15 is 0 Å². The molecule has 0 saturated carbocycles. The van der Waals surface area contributed by atoms with Crippen LogP contribution in [0.5, 0.6) is 0 Å². The van der Waals surface area contributed by atoms with Gasteiger partial charge in [0.2, 0.25) is 5.76 Å². The lowest BCUT2D eigenvalue weighted by molar-refractivity contribution is 0.0663. The van der Waals surface area contributed by atoms with Gasteiger partial charge in [0.1, 0.15) is 0 Å². The van der Waals surface area contributed by atoms with Crippen LogP contribution >= 0.6 is 0 Å². The molecule has 1 aromatic heterocycles. The minimum Gasteiger partial charge on any atom is -0.475 e. The van der Waals surface area contributed by atoms with Gasteiger partial charge >= 0.3 is 5.97 Å². The highest BCUT2D eigenvalue weighted by molar-refractivity contribution is 5.84. The Morgan fingerprint density at radius 3 is 2.75 bits per heavy atom. The third-order valence-electron chi connectivity index (χ3n) is 2.46. The van der Waals surface area contributed by atoms with E-state index in [0.29, 0.717) is 11.9 Å². The molecule has 16 heavy (non-hydrogen) atoms. The van der Waals surface area contributed by atoms with Crippen LogP contribution in [-0.4, -0.2) is 42.2 Å². The molecule has 1 heterocycles. The number of carboxylic acid groups (broad SMARTS) is 1. The fourth-order valence-corrected chi connectivity index (χ4v) is 1.16. The highest BCUT2D eigenvalue weighted by Gasteiger charge is 2.08. The largest absolute Gasteiger partial charge is 0.475 e. The van der Waals surface area contributed by atoms with Crippen LogP contribution in [0.25, 0.3) is 0 Å². The molecule has 0 amide bonds. The smallest absolute Gasteiger partial charge is 0.371 e. The first-order valence-electron chi connectivity index (χ1n) is 5.28. The number of nitrogens with zero attached hydrogens (tertiary/aromatic N) is 1. The second kappa shape index (κ2) is 5.55. The van der Waals surface area contributed by atoms with Gasteiger partial charge in [-0.15, -0.1) is 0 Å². The van der Waals surface area contributed by atoms with Gasteiger partial charge in [-0.25, -0.2) is 4.79 Å². The normalized spacial score (nSPS) is 11.1. The second-order valence-corrected chi connectivity index (χ2v) is 3.97. The van der Waals surface area contributed by atoms with E-state index in [1.807, 2.05) is 7.05 Å². The number of furan rings is 1. The molecule has 5 nitrogen and oxygen atoms in total. The molecule has 1 rings (SSSR count). The quantitative estimate of drug-likeness (QED) is 0.773. The van der Waals surface area contributed by atoms with Gasteiger partial charge in [0.05, 0.1) is 0 Å². The molecule has 0 saturated heterocycles. The molecule has 0 spiro atoms. The summed E-state index contributed by atoms with van der Waals surface area (Å²) < 4.78 is 5.06. The van der Waals surface area contributed by atoms with Gasteiger partial charge < -0.3 is 19.7 Å². The second-order valence-electron chi connectivity index (χ2n) is 3.97. The van der Waals surface area contributed by atoms with Gasteiger partial charge in [0.25, 0.3) is 0 Å². The third-order valence-corrected chi connectivity index (χ3v) is 2.46. The lowest BCUT2D eigenvalue weighted by Crippen LogP contribution is -2.31. The van der Waals surface area contributed by atoms with Crippen LogP contribution in [0.2, 0.25) is 0 Å². The number of carbonyl (C=O) groups is 1. The van der Waals surface area contributed by atoms with Crippen molar-refractivity contribution >= 4 is 11.9 Å².